The minimum absolute atomic E-state index is 0.0404. The second kappa shape index (κ2) is 8.93. The number of anilines is 1. The van der Waals surface area contributed by atoms with E-state index in [0.29, 0.717) is 21.8 Å². The summed E-state index contributed by atoms with van der Waals surface area (Å²) in [6.45, 7) is 3.97. The number of amides is 2. The lowest BCUT2D eigenvalue weighted by atomic mass is 9.82. The van der Waals surface area contributed by atoms with E-state index < -0.39 is 0 Å². The SMILES string of the molecule is CCC(C)NC(=O)n1nc(-c2cc(NC(=O)c3cccs3)ccc2O)cc1C1CCC1. The third kappa shape index (κ3) is 4.49. The summed E-state index contributed by atoms with van der Waals surface area (Å²) in [6, 6.07) is 10.1. The maximum atomic E-state index is 12.8. The summed E-state index contributed by atoms with van der Waals surface area (Å²) >= 11 is 1.36. The highest BCUT2D eigenvalue weighted by atomic mass is 32.1. The molecule has 0 aliphatic heterocycles. The van der Waals surface area contributed by atoms with Crippen LogP contribution in [0, 0.1) is 0 Å². The van der Waals surface area contributed by atoms with Crippen LogP contribution in [0.15, 0.2) is 41.8 Å². The molecule has 7 nitrogen and oxygen atoms in total. The summed E-state index contributed by atoms with van der Waals surface area (Å²) in [5.41, 5.74) is 2.38. The summed E-state index contributed by atoms with van der Waals surface area (Å²) in [4.78, 5) is 25.8. The van der Waals surface area contributed by atoms with Crippen molar-refractivity contribution >= 4 is 29.0 Å². The molecule has 0 bridgehead atoms. The maximum absolute atomic E-state index is 12.8. The zero-order valence-corrected chi connectivity index (χ0v) is 18.4. The molecule has 162 valence electrons. The summed E-state index contributed by atoms with van der Waals surface area (Å²) in [7, 11) is 0. The lowest BCUT2D eigenvalue weighted by molar-refractivity contribution is 0.103. The molecule has 3 aromatic rings. The van der Waals surface area contributed by atoms with Crippen molar-refractivity contribution in [3.8, 4) is 17.0 Å². The van der Waals surface area contributed by atoms with Gasteiger partial charge in [0.15, 0.2) is 0 Å². The lowest BCUT2D eigenvalue weighted by Gasteiger charge is -2.25. The Bertz CT molecular complexity index is 1090. The molecule has 31 heavy (non-hydrogen) atoms. The van der Waals surface area contributed by atoms with Crippen LogP contribution in [0.4, 0.5) is 10.5 Å². The Morgan fingerprint density at radius 2 is 2.10 bits per heavy atom. The Hall–Kier alpha value is -3.13. The number of rotatable bonds is 6. The fraction of sp³-hybridized carbons (Fsp3) is 0.348. The number of carbonyl (C=O) groups is 2. The van der Waals surface area contributed by atoms with Crippen LogP contribution in [0.1, 0.15) is 60.8 Å². The Morgan fingerprint density at radius 3 is 2.74 bits per heavy atom. The van der Waals surface area contributed by atoms with Crippen molar-refractivity contribution in [3.63, 3.8) is 0 Å². The van der Waals surface area contributed by atoms with Crippen LogP contribution in [-0.2, 0) is 0 Å². The predicted octanol–water partition coefficient (Wildman–Crippen LogP) is 5.19. The normalized spacial score (nSPS) is 14.6. The molecule has 2 amide bonds. The highest BCUT2D eigenvalue weighted by Gasteiger charge is 2.28. The lowest BCUT2D eigenvalue weighted by Crippen LogP contribution is -2.37. The molecule has 0 saturated heterocycles. The molecule has 1 fully saturated rings. The molecule has 2 aromatic heterocycles. The van der Waals surface area contributed by atoms with E-state index in [1.165, 1.54) is 22.1 Å². The van der Waals surface area contributed by atoms with Crippen LogP contribution in [-0.4, -0.2) is 32.9 Å². The Labute approximate surface area is 185 Å². The van der Waals surface area contributed by atoms with Crippen LogP contribution >= 0.6 is 11.3 Å². The number of benzene rings is 1. The van der Waals surface area contributed by atoms with E-state index in [-0.39, 0.29) is 29.6 Å². The first-order valence-electron chi connectivity index (χ1n) is 10.5. The number of phenolic OH excluding ortho intramolecular Hbond substituents is 1. The molecular formula is C23H26N4O3S. The smallest absolute Gasteiger partial charge is 0.342 e. The van der Waals surface area contributed by atoms with Gasteiger partial charge in [-0.2, -0.15) is 9.78 Å². The topological polar surface area (TPSA) is 96.3 Å². The van der Waals surface area contributed by atoms with Crippen molar-refractivity contribution in [2.45, 2.75) is 51.5 Å². The van der Waals surface area contributed by atoms with Crippen molar-refractivity contribution < 1.29 is 14.7 Å². The van der Waals surface area contributed by atoms with Gasteiger partial charge in [-0.05, 0) is 61.9 Å². The fourth-order valence-electron chi connectivity index (χ4n) is 3.48. The van der Waals surface area contributed by atoms with Gasteiger partial charge in [-0.3, -0.25) is 4.79 Å². The van der Waals surface area contributed by atoms with Gasteiger partial charge >= 0.3 is 6.03 Å². The first-order valence-corrected chi connectivity index (χ1v) is 11.4. The monoisotopic (exact) mass is 438 g/mol. The van der Waals surface area contributed by atoms with Crippen molar-refractivity contribution in [2.24, 2.45) is 0 Å². The van der Waals surface area contributed by atoms with Gasteiger partial charge in [-0.25, -0.2) is 4.79 Å². The third-order valence-corrected chi connectivity index (χ3v) is 6.58. The number of hydrogen-bond donors (Lipinski definition) is 3. The van der Waals surface area contributed by atoms with E-state index in [4.69, 9.17) is 0 Å². The molecule has 1 atom stereocenters. The van der Waals surface area contributed by atoms with Crippen LogP contribution in [0.2, 0.25) is 0 Å². The molecule has 1 aliphatic rings. The van der Waals surface area contributed by atoms with Gasteiger partial charge in [0.1, 0.15) is 5.75 Å². The summed E-state index contributed by atoms with van der Waals surface area (Å²) in [5, 5.41) is 22.7. The molecule has 1 saturated carbocycles. The van der Waals surface area contributed by atoms with Gasteiger partial charge in [0, 0.05) is 23.2 Å². The van der Waals surface area contributed by atoms with Crippen molar-refractivity contribution in [1.29, 1.82) is 0 Å². The minimum Gasteiger partial charge on any atom is -0.507 e. The number of nitrogens with one attached hydrogen (secondary N) is 2. The van der Waals surface area contributed by atoms with Crippen LogP contribution in [0.3, 0.4) is 0 Å². The molecule has 2 heterocycles. The average Bonchev–Trinajstić information content (AvgIpc) is 3.38. The molecule has 3 N–H and O–H groups in total. The number of thiophene rings is 1. The zero-order chi connectivity index (χ0) is 22.0. The van der Waals surface area contributed by atoms with Crippen molar-refractivity contribution in [2.75, 3.05) is 5.32 Å². The quantitative estimate of drug-likeness (QED) is 0.461. The molecule has 4 rings (SSSR count). The van der Waals surface area contributed by atoms with Gasteiger partial charge in [0.2, 0.25) is 0 Å². The molecule has 1 aliphatic carbocycles. The second-order valence-corrected chi connectivity index (χ2v) is 8.86. The van der Waals surface area contributed by atoms with Crippen LogP contribution in [0.25, 0.3) is 11.3 Å². The van der Waals surface area contributed by atoms with E-state index in [1.54, 1.807) is 18.2 Å². The van der Waals surface area contributed by atoms with Crippen molar-refractivity contribution in [3.05, 3.63) is 52.3 Å². The first kappa shape index (κ1) is 21.1. The highest BCUT2D eigenvalue weighted by Crippen LogP contribution is 2.39. The van der Waals surface area contributed by atoms with Crippen LogP contribution < -0.4 is 10.6 Å². The largest absolute Gasteiger partial charge is 0.507 e. The van der Waals surface area contributed by atoms with Gasteiger partial charge in [-0.15, -0.1) is 11.3 Å². The summed E-state index contributed by atoms with van der Waals surface area (Å²) < 4.78 is 1.43. The maximum Gasteiger partial charge on any atom is 0.342 e. The van der Waals surface area contributed by atoms with E-state index in [0.717, 1.165) is 31.4 Å². The Morgan fingerprint density at radius 1 is 1.29 bits per heavy atom. The van der Waals surface area contributed by atoms with Gasteiger partial charge in [0.25, 0.3) is 5.91 Å². The molecule has 8 heteroatoms. The molecular weight excluding hydrogens is 412 g/mol. The molecule has 0 spiro atoms. The number of phenols is 1. The van der Waals surface area contributed by atoms with Gasteiger partial charge in [-0.1, -0.05) is 19.4 Å². The number of aromatic nitrogens is 2. The standard InChI is InChI=1S/C23H26N4O3S/c1-3-14(2)24-23(30)27-19(15-6-4-7-15)13-18(26-27)17-12-16(9-10-20(17)28)25-22(29)21-8-5-11-31-21/h5,8-15,28H,3-4,6-7H2,1-2H3,(H,24,30)(H,25,29). The number of carbonyl (C=O) groups excluding carboxylic acids is 2. The Balaban J connectivity index is 1.65. The summed E-state index contributed by atoms with van der Waals surface area (Å²) in [5.74, 6) is 0.120. The van der Waals surface area contributed by atoms with E-state index in [9.17, 15) is 14.7 Å². The highest BCUT2D eigenvalue weighted by molar-refractivity contribution is 7.12. The first-order chi connectivity index (χ1) is 15.0. The van der Waals surface area contributed by atoms with Crippen molar-refractivity contribution in [1.82, 2.24) is 15.1 Å². The zero-order valence-electron chi connectivity index (χ0n) is 17.6. The van der Waals surface area contributed by atoms with E-state index >= 15 is 0 Å². The van der Waals surface area contributed by atoms with E-state index in [2.05, 4.69) is 15.7 Å². The third-order valence-electron chi connectivity index (χ3n) is 5.71. The van der Waals surface area contributed by atoms with E-state index in [1.807, 2.05) is 31.4 Å². The Kier molecular flexibility index (Phi) is 6.08. The van der Waals surface area contributed by atoms with Gasteiger partial charge < -0.3 is 15.7 Å². The molecule has 0 radical (unpaired) electrons. The number of nitrogens with zero attached hydrogens (tertiary/aromatic N) is 2. The predicted molar refractivity (Wildman–Crippen MR) is 122 cm³/mol. The molecule has 1 aromatic carbocycles. The van der Waals surface area contributed by atoms with Crippen LogP contribution in [0.5, 0.6) is 5.75 Å². The second-order valence-electron chi connectivity index (χ2n) is 7.92. The van der Waals surface area contributed by atoms with Gasteiger partial charge in [0.05, 0.1) is 16.3 Å². The average molecular weight is 439 g/mol. The number of aromatic hydroxyl groups is 1. The number of hydrogen-bond acceptors (Lipinski definition) is 5. The minimum atomic E-state index is -0.260. The summed E-state index contributed by atoms with van der Waals surface area (Å²) in [6.07, 6.45) is 3.99. The molecule has 1 unspecified atom stereocenters. The fourth-order valence-corrected chi connectivity index (χ4v) is 4.10.